The zero-order valence-electron chi connectivity index (χ0n) is 11.5. The average molecular weight is 276 g/mol. The SMILES string of the molecule is Cn1ncc(C(=O)NC(C)(C)C(=O)O)c1-n1cccc1. The minimum atomic E-state index is -1.35. The van der Waals surface area contributed by atoms with Crippen LogP contribution < -0.4 is 5.32 Å². The number of nitrogens with zero attached hydrogens (tertiary/aromatic N) is 3. The molecular weight excluding hydrogens is 260 g/mol. The molecule has 0 radical (unpaired) electrons. The number of carbonyl (C=O) groups excluding carboxylic acids is 1. The van der Waals surface area contributed by atoms with Gasteiger partial charge >= 0.3 is 5.97 Å². The van der Waals surface area contributed by atoms with E-state index < -0.39 is 17.4 Å². The van der Waals surface area contributed by atoms with Gasteiger partial charge < -0.3 is 15.0 Å². The van der Waals surface area contributed by atoms with Gasteiger partial charge in [0.2, 0.25) is 0 Å². The van der Waals surface area contributed by atoms with Crippen molar-refractivity contribution >= 4 is 11.9 Å². The minimum absolute atomic E-state index is 0.318. The maximum Gasteiger partial charge on any atom is 0.328 e. The molecule has 0 unspecified atom stereocenters. The van der Waals surface area contributed by atoms with Crippen LogP contribution in [0.2, 0.25) is 0 Å². The lowest BCUT2D eigenvalue weighted by Gasteiger charge is -2.21. The van der Waals surface area contributed by atoms with Crippen molar-refractivity contribution in [2.24, 2.45) is 7.05 Å². The fourth-order valence-electron chi connectivity index (χ4n) is 1.78. The lowest BCUT2D eigenvalue weighted by Crippen LogP contribution is -2.49. The Morgan fingerprint density at radius 1 is 1.30 bits per heavy atom. The molecule has 2 aromatic rings. The summed E-state index contributed by atoms with van der Waals surface area (Å²) in [6.07, 6.45) is 4.99. The van der Waals surface area contributed by atoms with Crippen LogP contribution in [0.25, 0.3) is 5.82 Å². The molecule has 0 aromatic carbocycles. The number of aryl methyl sites for hydroxylation is 1. The lowest BCUT2D eigenvalue weighted by atomic mass is 10.1. The molecule has 0 aliphatic rings. The summed E-state index contributed by atoms with van der Waals surface area (Å²) in [5.74, 6) is -1.000. The zero-order chi connectivity index (χ0) is 14.9. The van der Waals surface area contributed by atoms with Crippen LogP contribution in [0.3, 0.4) is 0 Å². The van der Waals surface area contributed by atoms with E-state index in [2.05, 4.69) is 10.4 Å². The summed E-state index contributed by atoms with van der Waals surface area (Å²) in [6, 6.07) is 3.66. The van der Waals surface area contributed by atoms with Gasteiger partial charge in [0.15, 0.2) is 0 Å². The molecule has 0 saturated carbocycles. The van der Waals surface area contributed by atoms with Gasteiger partial charge in [0, 0.05) is 19.4 Å². The average Bonchev–Trinajstić information content (AvgIpc) is 2.96. The van der Waals surface area contributed by atoms with Gasteiger partial charge in [-0.2, -0.15) is 5.10 Å². The summed E-state index contributed by atoms with van der Waals surface area (Å²) < 4.78 is 3.30. The molecule has 1 amide bonds. The molecule has 2 aromatic heterocycles. The highest BCUT2D eigenvalue weighted by atomic mass is 16.4. The second kappa shape index (κ2) is 4.84. The molecule has 0 spiro atoms. The number of carboxylic acids is 1. The van der Waals surface area contributed by atoms with Gasteiger partial charge in [-0.05, 0) is 26.0 Å². The highest BCUT2D eigenvalue weighted by Gasteiger charge is 2.31. The summed E-state index contributed by atoms with van der Waals surface area (Å²) in [6.45, 7) is 2.86. The van der Waals surface area contributed by atoms with E-state index >= 15 is 0 Å². The molecule has 2 N–H and O–H groups in total. The quantitative estimate of drug-likeness (QED) is 0.864. The molecule has 2 rings (SSSR count). The summed E-state index contributed by atoms with van der Waals surface area (Å²) in [5, 5.41) is 15.6. The number of carbonyl (C=O) groups is 2. The van der Waals surface area contributed by atoms with Crippen molar-refractivity contribution in [3.05, 3.63) is 36.3 Å². The van der Waals surface area contributed by atoms with Crippen molar-refractivity contribution in [1.82, 2.24) is 19.7 Å². The highest BCUT2D eigenvalue weighted by molar-refractivity contribution is 5.99. The predicted molar refractivity (Wildman–Crippen MR) is 71.7 cm³/mol. The van der Waals surface area contributed by atoms with E-state index in [9.17, 15) is 9.59 Å². The molecule has 7 heteroatoms. The third kappa shape index (κ3) is 2.42. The summed E-state index contributed by atoms with van der Waals surface area (Å²) in [4.78, 5) is 23.3. The summed E-state index contributed by atoms with van der Waals surface area (Å²) in [5.41, 5.74) is -1.03. The standard InChI is InChI=1S/C13H16N4O3/c1-13(2,12(19)20)15-10(18)9-8-14-16(3)11(9)17-6-4-5-7-17/h4-8H,1-3H3,(H,15,18)(H,19,20). The number of hydrogen-bond donors (Lipinski definition) is 2. The van der Waals surface area contributed by atoms with Gasteiger partial charge in [-0.25, -0.2) is 4.79 Å². The number of amides is 1. The first kappa shape index (κ1) is 13.9. The van der Waals surface area contributed by atoms with E-state index in [1.807, 2.05) is 12.1 Å². The smallest absolute Gasteiger partial charge is 0.328 e. The van der Waals surface area contributed by atoms with E-state index in [4.69, 9.17) is 5.11 Å². The van der Waals surface area contributed by atoms with Gasteiger partial charge in [0.25, 0.3) is 5.91 Å². The molecule has 7 nitrogen and oxygen atoms in total. The molecule has 0 fully saturated rings. The molecule has 0 aliphatic carbocycles. The second-order valence-corrected chi connectivity index (χ2v) is 4.98. The molecular formula is C13H16N4O3. The van der Waals surface area contributed by atoms with Crippen LogP contribution in [0, 0.1) is 0 Å². The van der Waals surface area contributed by atoms with Crippen molar-refractivity contribution in [2.75, 3.05) is 0 Å². The van der Waals surface area contributed by atoms with Crippen molar-refractivity contribution in [1.29, 1.82) is 0 Å². The van der Waals surface area contributed by atoms with Crippen LogP contribution in [0.15, 0.2) is 30.7 Å². The Morgan fingerprint density at radius 3 is 2.45 bits per heavy atom. The molecule has 2 heterocycles. The molecule has 106 valence electrons. The van der Waals surface area contributed by atoms with E-state index in [1.54, 1.807) is 28.7 Å². The van der Waals surface area contributed by atoms with Crippen LogP contribution in [0.4, 0.5) is 0 Å². The van der Waals surface area contributed by atoms with Crippen molar-refractivity contribution in [2.45, 2.75) is 19.4 Å². The maximum absolute atomic E-state index is 12.3. The number of aromatic nitrogens is 3. The normalized spacial score (nSPS) is 11.3. The first-order valence-corrected chi connectivity index (χ1v) is 6.04. The fraction of sp³-hybridized carbons (Fsp3) is 0.308. The van der Waals surface area contributed by atoms with Crippen LogP contribution in [-0.2, 0) is 11.8 Å². The summed E-state index contributed by atoms with van der Waals surface area (Å²) in [7, 11) is 1.72. The monoisotopic (exact) mass is 276 g/mol. The first-order chi connectivity index (χ1) is 9.33. The van der Waals surface area contributed by atoms with E-state index in [-0.39, 0.29) is 0 Å². The summed E-state index contributed by atoms with van der Waals surface area (Å²) >= 11 is 0. The maximum atomic E-state index is 12.3. The van der Waals surface area contributed by atoms with Crippen LogP contribution in [0.5, 0.6) is 0 Å². The van der Waals surface area contributed by atoms with E-state index in [1.165, 1.54) is 20.0 Å². The Balaban J connectivity index is 2.35. The Hall–Kier alpha value is -2.57. The number of nitrogens with one attached hydrogen (secondary N) is 1. The van der Waals surface area contributed by atoms with Gasteiger partial charge in [-0.3, -0.25) is 9.48 Å². The van der Waals surface area contributed by atoms with Crippen LogP contribution >= 0.6 is 0 Å². The molecule has 0 atom stereocenters. The Bertz CT molecular complexity index is 641. The Kier molecular flexibility index (Phi) is 3.35. The molecule has 0 saturated heterocycles. The zero-order valence-corrected chi connectivity index (χ0v) is 11.5. The van der Waals surface area contributed by atoms with Crippen LogP contribution in [-0.4, -0.2) is 36.9 Å². The third-order valence-electron chi connectivity index (χ3n) is 2.96. The van der Waals surface area contributed by atoms with Crippen molar-refractivity contribution in [3.63, 3.8) is 0 Å². The molecule has 0 aliphatic heterocycles. The third-order valence-corrected chi connectivity index (χ3v) is 2.96. The number of rotatable bonds is 4. The number of aliphatic carboxylic acids is 1. The Morgan fingerprint density at radius 2 is 1.90 bits per heavy atom. The second-order valence-electron chi connectivity index (χ2n) is 4.98. The topological polar surface area (TPSA) is 89.2 Å². The fourth-order valence-corrected chi connectivity index (χ4v) is 1.78. The van der Waals surface area contributed by atoms with E-state index in [0.717, 1.165) is 0 Å². The minimum Gasteiger partial charge on any atom is -0.480 e. The van der Waals surface area contributed by atoms with E-state index in [0.29, 0.717) is 11.4 Å². The lowest BCUT2D eigenvalue weighted by molar-refractivity contribution is -0.143. The molecule has 0 bridgehead atoms. The first-order valence-electron chi connectivity index (χ1n) is 6.04. The van der Waals surface area contributed by atoms with Gasteiger partial charge in [-0.15, -0.1) is 0 Å². The van der Waals surface area contributed by atoms with Crippen molar-refractivity contribution in [3.8, 4) is 5.82 Å². The van der Waals surface area contributed by atoms with Crippen molar-refractivity contribution < 1.29 is 14.7 Å². The number of hydrogen-bond acceptors (Lipinski definition) is 3. The van der Waals surface area contributed by atoms with Gasteiger partial charge in [0.1, 0.15) is 16.9 Å². The number of carboxylic acid groups (broad SMARTS) is 1. The largest absolute Gasteiger partial charge is 0.480 e. The van der Waals surface area contributed by atoms with Crippen LogP contribution in [0.1, 0.15) is 24.2 Å². The van der Waals surface area contributed by atoms with Gasteiger partial charge in [0.05, 0.1) is 6.20 Å². The van der Waals surface area contributed by atoms with Gasteiger partial charge in [-0.1, -0.05) is 0 Å². The molecule has 20 heavy (non-hydrogen) atoms. The highest BCUT2D eigenvalue weighted by Crippen LogP contribution is 2.15. The Labute approximate surface area is 115 Å². The predicted octanol–water partition coefficient (Wildman–Crippen LogP) is 0.804.